The second-order valence-corrected chi connectivity index (χ2v) is 5.20. The number of pyridine rings is 1. The van der Waals surface area contributed by atoms with Crippen LogP contribution in [-0.4, -0.2) is 18.9 Å². The van der Waals surface area contributed by atoms with E-state index in [0.717, 1.165) is 12.2 Å². The van der Waals surface area contributed by atoms with Crippen LogP contribution in [-0.2, 0) is 13.6 Å². The van der Waals surface area contributed by atoms with Crippen molar-refractivity contribution in [1.29, 1.82) is 0 Å². The zero-order chi connectivity index (χ0) is 13.3. The van der Waals surface area contributed by atoms with Crippen molar-refractivity contribution < 1.29 is 4.57 Å². The van der Waals surface area contributed by atoms with Gasteiger partial charge in [0, 0.05) is 30.2 Å². The normalized spacial score (nSPS) is 13.1. The summed E-state index contributed by atoms with van der Waals surface area (Å²) in [7, 11) is 2.11. The highest BCUT2D eigenvalue weighted by atomic mass is 15.2. The minimum Gasteiger partial charge on any atom is -0.264 e. The molecule has 0 fully saturated rings. The van der Waals surface area contributed by atoms with Gasteiger partial charge in [-0.1, -0.05) is 0 Å². The van der Waals surface area contributed by atoms with Crippen LogP contribution in [0, 0.1) is 0 Å². The monoisotopic (exact) mass is 262 g/mol. The molecule has 0 aliphatic carbocycles. The number of imidazole rings is 1. The predicted molar refractivity (Wildman–Crippen MR) is 74.2 cm³/mol. The van der Waals surface area contributed by atoms with Crippen LogP contribution in [0.25, 0.3) is 28.2 Å². The first-order valence-corrected chi connectivity index (χ1v) is 6.62. The summed E-state index contributed by atoms with van der Waals surface area (Å²) < 4.78 is 6.73. The molecule has 5 rings (SSSR count). The van der Waals surface area contributed by atoms with Gasteiger partial charge in [-0.05, 0) is 12.1 Å². The molecular weight excluding hydrogens is 250 g/mol. The Kier molecular flexibility index (Phi) is 1.65. The molecule has 0 radical (unpaired) electrons. The van der Waals surface area contributed by atoms with Gasteiger partial charge in [0.15, 0.2) is 11.2 Å². The van der Waals surface area contributed by atoms with Gasteiger partial charge < -0.3 is 0 Å². The fraction of sp³-hybridized carbons (Fsp3) is 0.133. The summed E-state index contributed by atoms with van der Waals surface area (Å²) in [6.45, 7) is 0.894. The third-order valence-corrected chi connectivity index (χ3v) is 4.17. The summed E-state index contributed by atoms with van der Waals surface area (Å²) >= 11 is 0. The quantitative estimate of drug-likeness (QED) is 0.397. The van der Waals surface area contributed by atoms with Gasteiger partial charge in [0.05, 0.1) is 25.4 Å². The molecule has 0 spiro atoms. The molecule has 4 aromatic heterocycles. The van der Waals surface area contributed by atoms with Crippen molar-refractivity contribution in [2.24, 2.45) is 7.05 Å². The van der Waals surface area contributed by atoms with Gasteiger partial charge in [-0.15, -0.1) is 0 Å². The summed E-state index contributed by atoms with van der Waals surface area (Å²) in [5, 5.41) is 0. The average molecular weight is 262 g/mol. The fourth-order valence-corrected chi connectivity index (χ4v) is 3.30. The highest BCUT2D eigenvalue weighted by Gasteiger charge is 2.33. The first-order chi connectivity index (χ1) is 9.84. The molecule has 96 valence electrons. The van der Waals surface area contributed by atoms with Gasteiger partial charge in [-0.25, -0.2) is 14.0 Å². The predicted octanol–water partition coefficient (Wildman–Crippen LogP) is 1.54. The van der Waals surface area contributed by atoms with Crippen LogP contribution in [0.4, 0.5) is 0 Å². The van der Waals surface area contributed by atoms with E-state index in [1.807, 2.05) is 24.7 Å². The van der Waals surface area contributed by atoms with Crippen molar-refractivity contribution in [2.75, 3.05) is 0 Å². The van der Waals surface area contributed by atoms with E-state index in [2.05, 4.69) is 48.9 Å². The van der Waals surface area contributed by atoms with E-state index >= 15 is 0 Å². The van der Waals surface area contributed by atoms with Crippen molar-refractivity contribution in [2.45, 2.75) is 6.54 Å². The van der Waals surface area contributed by atoms with Gasteiger partial charge in [0.25, 0.3) is 5.65 Å². The Morgan fingerprint density at radius 1 is 1.30 bits per heavy atom. The maximum absolute atomic E-state index is 4.43. The summed E-state index contributed by atoms with van der Waals surface area (Å²) in [6, 6.07) is 6.20. The zero-order valence-corrected chi connectivity index (χ0v) is 11.0. The number of hydrogen-bond acceptors (Lipinski definition) is 2. The molecule has 0 atom stereocenters. The Bertz CT molecular complexity index is 992. The lowest BCUT2D eigenvalue weighted by Crippen LogP contribution is -2.32. The number of fused-ring (bicyclic) bond motifs is 7. The van der Waals surface area contributed by atoms with Crippen molar-refractivity contribution in [1.82, 2.24) is 18.9 Å². The topological polar surface area (TPSA) is 39.0 Å². The number of aryl methyl sites for hydroxylation is 1. The molecule has 0 unspecified atom stereocenters. The molecule has 5 heterocycles. The number of aromatic nitrogens is 5. The molecule has 5 nitrogen and oxygen atoms in total. The Labute approximate surface area is 114 Å². The molecule has 0 amide bonds. The largest absolute Gasteiger partial charge is 0.275 e. The smallest absolute Gasteiger partial charge is 0.264 e. The summed E-state index contributed by atoms with van der Waals surface area (Å²) in [5.74, 6) is 1.22. The molecule has 20 heavy (non-hydrogen) atoms. The van der Waals surface area contributed by atoms with E-state index < -0.39 is 0 Å². The molecule has 0 bridgehead atoms. The van der Waals surface area contributed by atoms with Crippen molar-refractivity contribution >= 4 is 16.8 Å². The minimum atomic E-state index is 0.894. The van der Waals surface area contributed by atoms with Gasteiger partial charge in [0.1, 0.15) is 0 Å². The third kappa shape index (κ3) is 1.02. The van der Waals surface area contributed by atoms with Gasteiger partial charge in [0.2, 0.25) is 5.82 Å². The summed E-state index contributed by atoms with van der Waals surface area (Å²) in [6.07, 6.45) is 7.72. The Morgan fingerprint density at radius 3 is 3.20 bits per heavy atom. The lowest BCUT2D eigenvalue weighted by molar-refractivity contribution is -0.648. The Hall–Kier alpha value is -2.69. The molecule has 1 aliphatic heterocycles. The first-order valence-electron chi connectivity index (χ1n) is 6.62. The molecule has 4 aromatic rings. The molecule has 1 aliphatic rings. The zero-order valence-electron chi connectivity index (χ0n) is 11.0. The lowest BCUT2D eigenvalue weighted by Gasteiger charge is -1.95. The van der Waals surface area contributed by atoms with E-state index in [-0.39, 0.29) is 0 Å². The second-order valence-electron chi connectivity index (χ2n) is 5.20. The Balaban J connectivity index is 1.99. The van der Waals surface area contributed by atoms with Gasteiger partial charge in [-0.3, -0.25) is 9.55 Å². The standard InChI is InChI=1S/C15H12N5/c1-18-12-7-13-17-4-2-6-19(13)15(12)20-9-10-3-5-16-8-11(10)14(18)20/h2-8H,9H2,1H3/q+1. The van der Waals surface area contributed by atoms with Crippen molar-refractivity contribution in [3.63, 3.8) is 0 Å². The SMILES string of the molecule is Cn1c2[n+](c3c1cc1ncccn13)Cc1ccncc1-2. The van der Waals surface area contributed by atoms with E-state index in [4.69, 9.17) is 0 Å². The first kappa shape index (κ1) is 10.1. The molecule has 0 saturated heterocycles. The second kappa shape index (κ2) is 3.25. The molecule has 0 N–H and O–H groups in total. The van der Waals surface area contributed by atoms with E-state index in [0.29, 0.717) is 0 Å². The minimum absolute atomic E-state index is 0.894. The molecular formula is C15H12N5+. The van der Waals surface area contributed by atoms with Crippen LogP contribution in [0.15, 0.2) is 43.0 Å². The summed E-state index contributed by atoms with van der Waals surface area (Å²) in [5.41, 5.74) is 5.93. The van der Waals surface area contributed by atoms with Crippen LogP contribution >= 0.6 is 0 Å². The molecule has 0 saturated carbocycles. The highest BCUT2D eigenvalue weighted by Crippen LogP contribution is 2.30. The summed E-state index contributed by atoms with van der Waals surface area (Å²) in [4.78, 5) is 8.70. The van der Waals surface area contributed by atoms with Crippen LogP contribution in [0.3, 0.4) is 0 Å². The number of rotatable bonds is 0. The van der Waals surface area contributed by atoms with E-state index in [9.17, 15) is 0 Å². The highest BCUT2D eigenvalue weighted by molar-refractivity contribution is 5.81. The van der Waals surface area contributed by atoms with Crippen LogP contribution in [0.5, 0.6) is 0 Å². The van der Waals surface area contributed by atoms with Crippen LogP contribution in [0.2, 0.25) is 0 Å². The fourth-order valence-electron chi connectivity index (χ4n) is 3.30. The molecule has 0 aromatic carbocycles. The van der Waals surface area contributed by atoms with E-state index in [1.54, 1.807) is 0 Å². The lowest BCUT2D eigenvalue weighted by atomic mass is 10.2. The number of nitrogens with zero attached hydrogens (tertiary/aromatic N) is 5. The molecule has 5 heteroatoms. The van der Waals surface area contributed by atoms with Gasteiger partial charge in [-0.2, -0.15) is 0 Å². The van der Waals surface area contributed by atoms with Crippen molar-refractivity contribution in [3.05, 3.63) is 48.5 Å². The third-order valence-electron chi connectivity index (χ3n) is 4.17. The Morgan fingerprint density at radius 2 is 2.25 bits per heavy atom. The average Bonchev–Trinajstić information content (AvgIpc) is 3.10. The maximum Gasteiger partial charge on any atom is 0.275 e. The number of hydrogen-bond donors (Lipinski definition) is 0. The van der Waals surface area contributed by atoms with Crippen LogP contribution < -0.4 is 4.57 Å². The van der Waals surface area contributed by atoms with Gasteiger partial charge >= 0.3 is 0 Å². The van der Waals surface area contributed by atoms with Crippen molar-refractivity contribution in [3.8, 4) is 11.4 Å². The van der Waals surface area contributed by atoms with Crippen LogP contribution in [0.1, 0.15) is 5.56 Å². The maximum atomic E-state index is 4.43. The van der Waals surface area contributed by atoms with E-state index in [1.165, 1.54) is 28.1 Å².